The van der Waals surface area contributed by atoms with Crippen LogP contribution in [0.3, 0.4) is 0 Å². The summed E-state index contributed by atoms with van der Waals surface area (Å²) in [4.78, 5) is 23.3. The Bertz CT molecular complexity index is 683. The maximum Gasteiger partial charge on any atom is 0.262 e. The van der Waals surface area contributed by atoms with Gasteiger partial charge >= 0.3 is 0 Å². The lowest BCUT2D eigenvalue weighted by molar-refractivity contribution is -0.118. The van der Waals surface area contributed by atoms with E-state index in [1.165, 1.54) is 0 Å². The van der Waals surface area contributed by atoms with Gasteiger partial charge in [0.25, 0.3) is 11.8 Å². The Balaban J connectivity index is 1.69. The van der Waals surface area contributed by atoms with Gasteiger partial charge in [-0.05, 0) is 23.8 Å². The molecule has 21 heavy (non-hydrogen) atoms. The largest absolute Gasteiger partial charge is 0.482 e. The number of anilines is 1. The molecule has 0 aromatic heterocycles. The highest BCUT2D eigenvalue weighted by Crippen LogP contribution is 2.28. The summed E-state index contributed by atoms with van der Waals surface area (Å²) in [6.45, 7) is 0.441. The molecule has 0 unspecified atom stereocenters. The van der Waals surface area contributed by atoms with Gasteiger partial charge < -0.3 is 15.4 Å². The average Bonchev–Trinajstić information content (AvgIpc) is 2.53. The minimum absolute atomic E-state index is 0.0257. The standard InChI is InChI=1S/C16H14N2O3/c19-15-10-21-14-8-12(6-7-13(14)18-15)16(20)17-9-11-4-2-1-3-5-11/h1-8H,9-10H2,(H,17,20)(H,18,19). The van der Waals surface area contributed by atoms with Crippen molar-refractivity contribution < 1.29 is 14.3 Å². The maximum absolute atomic E-state index is 12.1. The molecule has 2 aromatic carbocycles. The molecule has 2 amide bonds. The highest BCUT2D eigenvalue weighted by atomic mass is 16.5. The number of fused-ring (bicyclic) bond motifs is 1. The summed E-state index contributed by atoms with van der Waals surface area (Å²) in [6.07, 6.45) is 0. The topological polar surface area (TPSA) is 67.4 Å². The van der Waals surface area contributed by atoms with Crippen LogP contribution in [0.1, 0.15) is 15.9 Å². The van der Waals surface area contributed by atoms with Gasteiger partial charge in [0.1, 0.15) is 5.75 Å². The van der Waals surface area contributed by atoms with Gasteiger partial charge in [-0.15, -0.1) is 0 Å². The van der Waals surface area contributed by atoms with Crippen molar-refractivity contribution in [1.82, 2.24) is 5.32 Å². The summed E-state index contributed by atoms with van der Waals surface area (Å²) >= 11 is 0. The fourth-order valence-corrected chi connectivity index (χ4v) is 2.10. The number of hydrogen-bond donors (Lipinski definition) is 2. The molecule has 1 aliphatic heterocycles. The summed E-state index contributed by atoms with van der Waals surface area (Å²) in [7, 11) is 0. The number of ether oxygens (including phenoxy) is 1. The molecule has 0 aliphatic carbocycles. The van der Waals surface area contributed by atoms with E-state index in [-0.39, 0.29) is 18.4 Å². The first kappa shape index (κ1) is 13.2. The monoisotopic (exact) mass is 282 g/mol. The van der Waals surface area contributed by atoms with Crippen molar-refractivity contribution in [1.29, 1.82) is 0 Å². The summed E-state index contributed by atoms with van der Waals surface area (Å²) in [5.41, 5.74) is 2.12. The molecule has 0 fully saturated rings. The predicted molar refractivity (Wildman–Crippen MR) is 78.2 cm³/mol. The number of benzene rings is 2. The van der Waals surface area contributed by atoms with Crippen molar-refractivity contribution in [3.63, 3.8) is 0 Å². The molecule has 2 N–H and O–H groups in total. The minimum atomic E-state index is -0.191. The molecular weight excluding hydrogens is 268 g/mol. The van der Waals surface area contributed by atoms with Crippen molar-refractivity contribution in [3.05, 3.63) is 59.7 Å². The van der Waals surface area contributed by atoms with Crippen LogP contribution in [0.2, 0.25) is 0 Å². The van der Waals surface area contributed by atoms with Crippen molar-refractivity contribution in [2.45, 2.75) is 6.54 Å². The van der Waals surface area contributed by atoms with Gasteiger partial charge in [0.2, 0.25) is 0 Å². The lowest BCUT2D eigenvalue weighted by Crippen LogP contribution is -2.26. The number of carbonyl (C=O) groups is 2. The molecular formula is C16H14N2O3. The van der Waals surface area contributed by atoms with Gasteiger partial charge in [-0.2, -0.15) is 0 Å². The quantitative estimate of drug-likeness (QED) is 0.904. The second-order valence-corrected chi connectivity index (χ2v) is 4.72. The molecule has 0 saturated carbocycles. The average molecular weight is 282 g/mol. The number of carbonyl (C=O) groups excluding carboxylic acids is 2. The van der Waals surface area contributed by atoms with E-state index < -0.39 is 0 Å². The molecule has 1 heterocycles. The highest BCUT2D eigenvalue weighted by Gasteiger charge is 2.17. The molecule has 5 heteroatoms. The van der Waals surface area contributed by atoms with Gasteiger partial charge in [-0.3, -0.25) is 9.59 Å². The fourth-order valence-electron chi connectivity index (χ4n) is 2.10. The second kappa shape index (κ2) is 5.66. The van der Waals surface area contributed by atoms with Crippen LogP contribution in [-0.4, -0.2) is 18.4 Å². The van der Waals surface area contributed by atoms with Crippen LogP contribution in [-0.2, 0) is 11.3 Å². The smallest absolute Gasteiger partial charge is 0.262 e. The number of nitrogens with one attached hydrogen (secondary N) is 2. The first-order chi connectivity index (χ1) is 10.2. The molecule has 1 aliphatic rings. The van der Waals surface area contributed by atoms with Crippen molar-refractivity contribution in [2.75, 3.05) is 11.9 Å². The van der Waals surface area contributed by atoms with Crippen LogP contribution in [0.15, 0.2) is 48.5 Å². The third-order valence-electron chi connectivity index (χ3n) is 3.17. The molecule has 3 rings (SSSR count). The Hall–Kier alpha value is -2.82. The molecule has 0 saturated heterocycles. The molecule has 5 nitrogen and oxygen atoms in total. The van der Waals surface area contributed by atoms with E-state index in [1.54, 1.807) is 18.2 Å². The van der Waals surface area contributed by atoms with E-state index in [4.69, 9.17) is 4.74 Å². The van der Waals surface area contributed by atoms with Crippen LogP contribution in [0, 0.1) is 0 Å². The predicted octanol–water partition coefficient (Wildman–Crippen LogP) is 1.95. The first-order valence-corrected chi connectivity index (χ1v) is 6.61. The Morgan fingerprint density at radius 2 is 2.00 bits per heavy atom. The third-order valence-corrected chi connectivity index (χ3v) is 3.17. The van der Waals surface area contributed by atoms with Crippen molar-refractivity contribution in [3.8, 4) is 5.75 Å². The first-order valence-electron chi connectivity index (χ1n) is 6.61. The minimum Gasteiger partial charge on any atom is -0.482 e. The normalized spacial score (nSPS) is 12.9. The maximum atomic E-state index is 12.1. The zero-order chi connectivity index (χ0) is 14.7. The Kier molecular flexibility index (Phi) is 3.55. The van der Waals surface area contributed by atoms with Gasteiger partial charge in [0.05, 0.1) is 5.69 Å². The number of hydrogen-bond acceptors (Lipinski definition) is 3. The molecule has 0 bridgehead atoms. The van der Waals surface area contributed by atoms with Crippen LogP contribution in [0.5, 0.6) is 5.75 Å². The number of rotatable bonds is 3. The zero-order valence-corrected chi connectivity index (χ0v) is 11.3. The molecule has 0 spiro atoms. The molecule has 0 atom stereocenters. The third kappa shape index (κ3) is 3.02. The van der Waals surface area contributed by atoms with Crippen molar-refractivity contribution >= 4 is 17.5 Å². The summed E-state index contributed by atoms with van der Waals surface area (Å²) < 4.78 is 5.30. The van der Waals surface area contributed by atoms with Crippen LogP contribution in [0.25, 0.3) is 0 Å². The summed E-state index contributed by atoms with van der Waals surface area (Å²) in [5.74, 6) is 0.146. The lowest BCUT2D eigenvalue weighted by atomic mass is 10.1. The Morgan fingerprint density at radius 1 is 1.19 bits per heavy atom. The van der Waals surface area contributed by atoms with Crippen LogP contribution < -0.4 is 15.4 Å². The van der Waals surface area contributed by atoms with Gasteiger partial charge in [-0.25, -0.2) is 0 Å². The van der Waals surface area contributed by atoms with Gasteiger partial charge in [0, 0.05) is 12.1 Å². The van der Waals surface area contributed by atoms with Gasteiger partial charge in [-0.1, -0.05) is 30.3 Å². The molecule has 106 valence electrons. The van der Waals surface area contributed by atoms with E-state index in [9.17, 15) is 9.59 Å². The van der Waals surface area contributed by atoms with Gasteiger partial charge in [0.15, 0.2) is 6.61 Å². The highest BCUT2D eigenvalue weighted by molar-refractivity contribution is 5.98. The molecule has 2 aromatic rings. The molecule has 0 radical (unpaired) electrons. The van der Waals surface area contributed by atoms with Crippen LogP contribution >= 0.6 is 0 Å². The SMILES string of the molecule is O=C1COc2cc(C(=O)NCc3ccccc3)ccc2N1. The summed E-state index contributed by atoms with van der Waals surface area (Å²) in [6, 6.07) is 14.7. The Labute approximate surface area is 121 Å². The van der Waals surface area contributed by atoms with Crippen molar-refractivity contribution in [2.24, 2.45) is 0 Å². The van der Waals surface area contributed by atoms with E-state index in [1.807, 2.05) is 30.3 Å². The van der Waals surface area contributed by atoms with E-state index in [0.717, 1.165) is 5.56 Å². The van der Waals surface area contributed by atoms with E-state index >= 15 is 0 Å². The second-order valence-electron chi connectivity index (χ2n) is 4.72. The fraction of sp³-hybridized carbons (Fsp3) is 0.125. The lowest BCUT2D eigenvalue weighted by Gasteiger charge is -2.18. The summed E-state index contributed by atoms with van der Waals surface area (Å²) in [5, 5.41) is 5.54. The van der Waals surface area contributed by atoms with Crippen LogP contribution in [0.4, 0.5) is 5.69 Å². The van der Waals surface area contributed by atoms with E-state index in [2.05, 4.69) is 10.6 Å². The number of amides is 2. The van der Waals surface area contributed by atoms with E-state index in [0.29, 0.717) is 23.5 Å². The zero-order valence-electron chi connectivity index (χ0n) is 11.3. The Morgan fingerprint density at radius 3 is 2.81 bits per heavy atom.